The lowest BCUT2D eigenvalue weighted by Crippen LogP contribution is -2.39. The second-order valence-corrected chi connectivity index (χ2v) is 4.54. The van der Waals surface area contributed by atoms with Gasteiger partial charge in [-0.25, -0.2) is 4.98 Å². The summed E-state index contributed by atoms with van der Waals surface area (Å²) in [4.78, 5) is 6.54. The largest absolute Gasteiger partial charge is 0.397 e. The van der Waals surface area contributed by atoms with Crippen molar-refractivity contribution in [3.63, 3.8) is 0 Å². The molecule has 1 aliphatic heterocycles. The summed E-state index contributed by atoms with van der Waals surface area (Å²) in [7, 11) is 0. The van der Waals surface area contributed by atoms with Gasteiger partial charge in [0.2, 0.25) is 0 Å². The van der Waals surface area contributed by atoms with Crippen molar-refractivity contribution in [2.45, 2.75) is 25.9 Å². The number of aliphatic hydroxyl groups is 1. The molecule has 1 fully saturated rings. The summed E-state index contributed by atoms with van der Waals surface area (Å²) >= 11 is 0. The van der Waals surface area contributed by atoms with Gasteiger partial charge in [-0.15, -0.1) is 0 Å². The fourth-order valence-corrected chi connectivity index (χ4v) is 2.20. The molecule has 2 unspecified atom stereocenters. The van der Waals surface area contributed by atoms with E-state index in [1.54, 1.807) is 6.20 Å². The molecule has 0 aliphatic carbocycles. The van der Waals surface area contributed by atoms with E-state index in [0.29, 0.717) is 11.6 Å². The molecule has 1 aliphatic rings. The maximum Gasteiger partial charge on any atom is 0.128 e. The summed E-state index contributed by atoms with van der Waals surface area (Å²) in [5, 5.41) is 9.62. The molecule has 3 N–H and O–H groups in total. The fraction of sp³-hybridized carbons (Fsp3) is 0.583. The molecule has 2 heterocycles. The Morgan fingerprint density at radius 3 is 3.00 bits per heavy atom. The summed E-state index contributed by atoms with van der Waals surface area (Å²) in [5.74, 6) is 1.31. The molecule has 2 atom stereocenters. The molecule has 0 bridgehead atoms. The van der Waals surface area contributed by atoms with Crippen LogP contribution in [0.4, 0.5) is 11.5 Å². The lowest BCUT2D eigenvalue weighted by molar-refractivity contribution is 0.115. The van der Waals surface area contributed by atoms with E-state index in [0.717, 1.165) is 31.7 Å². The van der Waals surface area contributed by atoms with Crippen molar-refractivity contribution < 1.29 is 5.11 Å². The van der Waals surface area contributed by atoms with Crippen LogP contribution < -0.4 is 10.6 Å². The van der Waals surface area contributed by atoms with Crippen LogP contribution in [0.25, 0.3) is 0 Å². The van der Waals surface area contributed by atoms with Crippen LogP contribution in [0.2, 0.25) is 0 Å². The predicted octanol–water partition coefficient (Wildman–Crippen LogP) is 1.26. The van der Waals surface area contributed by atoms with Gasteiger partial charge in [0.1, 0.15) is 5.82 Å². The second-order valence-electron chi connectivity index (χ2n) is 4.54. The van der Waals surface area contributed by atoms with Crippen molar-refractivity contribution in [1.29, 1.82) is 0 Å². The van der Waals surface area contributed by atoms with E-state index in [4.69, 9.17) is 5.73 Å². The Bertz CT molecular complexity index is 337. The van der Waals surface area contributed by atoms with Crippen LogP contribution in [0.1, 0.15) is 19.8 Å². The Kier molecular flexibility index (Phi) is 3.29. The molecule has 4 nitrogen and oxygen atoms in total. The Labute approximate surface area is 96.1 Å². The van der Waals surface area contributed by atoms with Crippen LogP contribution >= 0.6 is 0 Å². The van der Waals surface area contributed by atoms with E-state index in [2.05, 4.69) is 9.88 Å². The molecule has 16 heavy (non-hydrogen) atoms. The summed E-state index contributed by atoms with van der Waals surface area (Å²) in [6.45, 7) is 3.76. The highest BCUT2D eigenvalue weighted by atomic mass is 16.3. The van der Waals surface area contributed by atoms with Crippen molar-refractivity contribution >= 4 is 11.5 Å². The van der Waals surface area contributed by atoms with Crippen molar-refractivity contribution in [1.82, 2.24) is 4.98 Å². The summed E-state index contributed by atoms with van der Waals surface area (Å²) in [6.07, 6.45) is 3.66. The number of hydrogen-bond donors (Lipinski definition) is 2. The van der Waals surface area contributed by atoms with Gasteiger partial charge in [-0.1, -0.05) is 0 Å². The fourth-order valence-electron chi connectivity index (χ4n) is 2.20. The first kappa shape index (κ1) is 11.2. The number of rotatable bonds is 2. The first-order valence-electron chi connectivity index (χ1n) is 5.81. The van der Waals surface area contributed by atoms with Crippen molar-refractivity contribution in [2.24, 2.45) is 5.92 Å². The molecule has 1 saturated heterocycles. The topological polar surface area (TPSA) is 62.4 Å². The lowest BCUT2D eigenvalue weighted by Gasteiger charge is -2.34. The number of nitrogens with zero attached hydrogens (tertiary/aromatic N) is 2. The molecule has 0 saturated carbocycles. The Morgan fingerprint density at radius 2 is 2.38 bits per heavy atom. The van der Waals surface area contributed by atoms with Gasteiger partial charge in [-0.2, -0.15) is 0 Å². The zero-order chi connectivity index (χ0) is 11.5. The third kappa shape index (κ3) is 2.44. The van der Waals surface area contributed by atoms with Crippen LogP contribution in [0.15, 0.2) is 18.3 Å². The van der Waals surface area contributed by atoms with Crippen LogP contribution in [-0.4, -0.2) is 29.3 Å². The molecule has 2 rings (SSSR count). The van der Waals surface area contributed by atoms with Gasteiger partial charge in [0.05, 0.1) is 18.0 Å². The Hall–Kier alpha value is -1.29. The number of hydrogen-bond acceptors (Lipinski definition) is 4. The molecule has 0 spiro atoms. The SMILES string of the molecule is CC(O)C1CCCN(c2ccc(N)cn2)C1. The van der Waals surface area contributed by atoms with Gasteiger partial charge in [0, 0.05) is 19.0 Å². The smallest absolute Gasteiger partial charge is 0.128 e. The maximum absolute atomic E-state index is 9.62. The van der Waals surface area contributed by atoms with E-state index in [9.17, 15) is 5.11 Å². The minimum Gasteiger partial charge on any atom is -0.397 e. The van der Waals surface area contributed by atoms with Gasteiger partial charge in [-0.3, -0.25) is 0 Å². The third-order valence-electron chi connectivity index (χ3n) is 3.23. The number of anilines is 2. The maximum atomic E-state index is 9.62. The van der Waals surface area contributed by atoms with Crippen molar-refractivity contribution in [3.8, 4) is 0 Å². The van der Waals surface area contributed by atoms with E-state index in [1.165, 1.54) is 0 Å². The second kappa shape index (κ2) is 4.70. The quantitative estimate of drug-likeness (QED) is 0.789. The molecule has 1 aromatic rings. The highest BCUT2D eigenvalue weighted by Crippen LogP contribution is 2.23. The number of nitrogen functional groups attached to an aromatic ring is 1. The van der Waals surface area contributed by atoms with E-state index in [1.807, 2.05) is 19.1 Å². The molecule has 0 radical (unpaired) electrons. The first-order chi connectivity index (χ1) is 7.66. The summed E-state index contributed by atoms with van der Waals surface area (Å²) < 4.78 is 0. The van der Waals surface area contributed by atoms with Crippen LogP contribution in [0.5, 0.6) is 0 Å². The average molecular weight is 221 g/mol. The van der Waals surface area contributed by atoms with Gasteiger partial charge in [-0.05, 0) is 31.9 Å². The monoisotopic (exact) mass is 221 g/mol. The van der Waals surface area contributed by atoms with E-state index >= 15 is 0 Å². The predicted molar refractivity (Wildman–Crippen MR) is 65.3 cm³/mol. The number of piperidine rings is 1. The van der Waals surface area contributed by atoms with Crippen LogP contribution in [0, 0.1) is 5.92 Å². The minimum atomic E-state index is -0.239. The van der Waals surface area contributed by atoms with Crippen LogP contribution in [-0.2, 0) is 0 Å². The van der Waals surface area contributed by atoms with E-state index < -0.39 is 0 Å². The molecule has 0 amide bonds. The average Bonchev–Trinajstić information content (AvgIpc) is 2.30. The van der Waals surface area contributed by atoms with Gasteiger partial charge < -0.3 is 15.7 Å². The molecule has 0 aromatic carbocycles. The summed E-state index contributed by atoms with van der Waals surface area (Å²) in [5.41, 5.74) is 6.30. The minimum absolute atomic E-state index is 0.239. The third-order valence-corrected chi connectivity index (χ3v) is 3.23. The molecule has 88 valence electrons. The Balaban J connectivity index is 2.06. The standard InChI is InChI=1S/C12H19N3O/c1-9(16)10-3-2-6-15(8-10)12-5-4-11(13)7-14-12/h4-5,7,9-10,16H,2-3,6,8,13H2,1H3. The van der Waals surface area contributed by atoms with E-state index in [-0.39, 0.29) is 6.10 Å². The first-order valence-corrected chi connectivity index (χ1v) is 5.81. The van der Waals surface area contributed by atoms with Gasteiger partial charge >= 0.3 is 0 Å². The van der Waals surface area contributed by atoms with Gasteiger partial charge in [0.25, 0.3) is 0 Å². The highest BCUT2D eigenvalue weighted by Gasteiger charge is 2.23. The van der Waals surface area contributed by atoms with Gasteiger partial charge in [0.15, 0.2) is 0 Å². The summed E-state index contributed by atoms with van der Waals surface area (Å²) in [6, 6.07) is 3.81. The van der Waals surface area contributed by atoms with Crippen molar-refractivity contribution in [3.05, 3.63) is 18.3 Å². The molecule has 1 aromatic heterocycles. The number of aromatic nitrogens is 1. The molecular formula is C12H19N3O. The normalized spacial score (nSPS) is 23.1. The molecule has 4 heteroatoms. The van der Waals surface area contributed by atoms with Crippen LogP contribution in [0.3, 0.4) is 0 Å². The Morgan fingerprint density at radius 1 is 1.56 bits per heavy atom. The highest BCUT2D eigenvalue weighted by molar-refractivity contribution is 5.46. The van der Waals surface area contributed by atoms with Crippen molar-refractivity contribution in [2.75, 3.05) is 23.7 Å². The number of nitrogens with two attached hydrogens (primary N) is 1. The zero-order valence-corrected chi connectivity index (χ0v) is 9.63. The number of pyridine rings is 1. The molecular weight excluding hydrogens is 202 g/mol. The lowest BCUT2D eigenvalue weighted by atomic mass is 9.93. The number of aliphatic hydroxyl groups excluding tert-OH is 1. The zero-order valence-electron chi connectivity index (χ0n) is 9.63.